The summed E-state index contributed by atoms with van der Waals surface area (Å²) in [5.41, 5.74) is 0.480. The first-order valence-corrected chi connectivity index (χ1v) is 10.3. The maximum absolute atomic E-state index is 13.1. The van der Waals surface area contributed by atoms with Crippen LogP contribution in [0.1, 0.15) is 30.9 Å². The standard InChI is InChI=1S/C23H25N3O5/c1-4-12-31-18-11-10-15(13-19(18)30-5-2)20-14(3)25-23(21(20)26(28)29)16-8-6-7-9-17(16)24-22(23)27/h4,6-11,13-14,20-21,25H,1,5,12H2,2-3H3,(H,24,27)/t14-,20-,21-,23-/m0/s1. The zero-order chi connectivity index (χ0) is 22.2. The molecular weight excluding hydrogens is 398 g/mol. The monoisotopic (exact) mass is 423 g/mol. The van der Waals surface area contributed by atoms with Crippen LogP contribution in [0.3, 0.4) is 0 Å². The van der Waals surface area contributed by atoms with Crippen LogP contribution >= 0.6 is 0 Å². The molecule has 4 rings (SSSR count). The lowest BCUT2D eigenvalue weighted by Crippen LogP contribution is -2.54. The number of carbonyl (C=O) groups excluding carboxylic acids is 1. The minimum Gasteiger partial charge on any atom is -0.490 e. The third-order valence-electron chi connectivity index (χ3n) is 5.97. The van der Waals surface area contributed by atoms with Crippen molar-refractivity contribution in [2.24, 2.45) is 0 Å². The molecule has 2 aliphatic rings. The number of hydrogen-bond donors (Lipinski definition) is 2. The zero-order valence-corrected chi connectivity index (χ0v) is 17.5. The lowest BCUT2D eigenvalue weighted by atomic mass is 9.78. The molecule has 8 nitrogen and oxygen atoms in total. The van der Waals surface area contributed by atoms with Crippen molar-refractivity contribution >= 4 is 11.6 Å². The fraction of sp³-hybridized carbons (Fsp3) is 0.348. The number of carbonyl (C=O) groups is 1. The predicted molar refractivity (Wildman–Crippen MR) is 116 cm³/mol. The van der Waals surface area contributed by atoms with E-state index in [1.165, 1.54) is 0 Å². The van der Waals surface area contributed by atoms with Gasteiger partial charge in [-0.05, 0) is 37.6 Å². The van der Waals surface area contributed by atoms with E-state index in [-0.39, 0.29) is 11.0 Å². The van der Waals surface area contributed by atoms with Crippen LogP contribution < -0.4 is 20.1 Å². The Balaban J connectivity index is 1.81. The van der Waals surface area contributed by atoms with Gasteiger partial charge in [0.25, 0.3) is 11.9 Å². The first-order valence-electron chi connectivity index (χ1n) is 10.3. The lowest BCUT2D eigenvalue weighted by molar-refractivity contribution is -0.532. The van der Waals surface area contributed by atoms with Crippen LogP contribution in [0.4, 0.5) is 5.69 Å². The molecular formula is C23H25N3O5. The Hall–Kier alpha value is -3.39. The van der Waals surface area contributed by atoms with Crippen LogP contribution in [0.15, 0.2) is 55.1 Å². The largest absolute Gasteiger partial charge is 0.490 e. The van der Waals surface area contributed by atoms with Crippen molar-refractivity contribution in [2.75, 3.05) is 18.5 Å². The molecule has 1 saturated heterocycles. The number of ether oxygens (including phenoxy) is 2. The van der Waals surface area contributed by atoms with Gasteiger partial charge in [-0.3, -0.25) is 20.2 Å². The second-order valence-corrected chi connectivity index (χ2v) is 7.74. The van der Waals surface area contributed by atoms with Crippen LogP contribution in [0.5, 0.6) is 11.5 Å². The van der Waals surface area contributed by atoms with Gasteiger partial charge in [0.1, 0.15) is 6.61 Å². The van der Waals surface area contributed by atoms with Gasteiger partial charge in [-0.2, -0.15) is 0 Å². The lowest BCUT2D eigenvalue weighted by Gasteiger charge is -2.25. The molecule has 4 atom stereocenters. The summed E-state index contributed by atoms with van der Waals surface area (Å²) in [5.74, 6) is 0.0917. The third-order valence-corrected chi connectivity index (χ3v) is 5.97. The summed E-state index contributed by atoms with van der Waals surface area (Å²) in [4.78, 5) is 25.1. The highest BCUT2D eigenvalue weighted by molar-refractivity contribution is 6.07. The van der Waals surface area contributed by atoms with E-state index in [9.17, 15) is 14.9 Å². The van der Waals surface area contributed by atoms with Crippen molar-refractivity contribution in [2.45, 2.75) is 37.4 Å². The van der Waals surface area contributed by atoms with E-state index in [1.54, 1.807) is 48.5 Å². The van der Waals surface area contributed by atoms with Crippen molar-refractivity contribution in [3.05, 3.63) is 76.4 Å². The average molecular weight is 423 g/mol. The Bertz CT molecular complexity index is 1040. The normalized spacial score (nSPS) is 26.4. The quantitative estimate of drug-likeness (QED) is 0.403. The molecule has 2 aromatic carbocycles. The molecule has 31 heavy (non-hydrogen) atoms. The van der Waals surface area contributed by atoms with Gasteiger partial charge >= 0.3 is 0 Å². The number of nitrogens with one attached hydrogen (secondary N) is 2. The van der Waals surface area contributed by atoms with Crippen LogP contribution in [0.2, 0.25) is 0 Å². The van der Waals surface area contributed by atoms with Gasteiger partial charge in [-0.25, -0.2) is 0 Å². The molecule has 2 aromatic rings. The number of nitro groups is 1. The van der Waals surface area contributed by atoms with Gasteiger partial charge in [0, 0.05) is 22.2 Å². The van der Waals surface area contributed by atoms with Gasteiger partial charge in [-0.1, -0.05) is 36.9 Å². The molecule has 1 fully saturated rings. The minimum absolute atomic E-state index is 0.318. The summed E-state index contributed by atoms with van der Waals surface area (Å²) in [6.07, 6.45) is 1.63. The first kappa shape index (κ1) is 20.9. The first-order chi connectivity index (χ1) is 14.9. The molecule has 0 aromatic heterocycles. The van der Waals surface area contributed by atoms with E-state index in [0.717, 1.165) is 0 Å². The Labute approximate surface area is 180 Å². The number of para-hydroxylation sites is 1. The molecule has 8 heteroatoms. The van der Waals surface area contributed by atoms with Gasteiger partial charge in [0.15, 0.2) is 17.0 Å². The second-order valence-electron chi connectivity index (χ2n) is 7.74. The molecule has 0 bridgehead atoms. The van der Waals surface area contributed by atoms with Gasteiger partial charge < -0.3 is 14.8 Å². The number of hydrogen-bond acceptors (Lipinski definition) is 6. The van der Waals surface area contributed by atoms with Gasteiger partial charge in [0.2, 0.25) is 0 Å². The Morgan fingerprint density at radius 1 is 1.23 bits per heavy atom. The molecule has 0 unspecified atom stereocenters. The van der Waals surface area contributed by atoms with Gasteiger partial charge in [-0.15, -0.1) is 0 Å². The SMILES string of the molecule is C=CCOc1ccc([C@@H]2[C@H](C)N[C@]3(C(=O)Nc4ccccc43)[C@H]2[N+](=O)[O-])cc1OCC. The van der Waals surface area contributed by atoms with E-state index in [2.05, 4.69) is 17.2 Å². The van der Waals surface area contributed by atoms with Crippen molar-refractivity contribution in [3.8, 4) is 11.5 Å². The number of amides is 1. The highest BCUT2D eigenvalue weighted by Crippen LogP contribution is 2.50. The smallest absolute Gasteiger partial charge is 0.256 e. The van der Waals surface area contributed by atoms with Crippen LogP contribution in [-0.2, 0) is 10.3 Å². The van der Waals surface area contributed by atoms with Crippen LogP contribution in [0.25, 0.3) is 0 Å². The summed E-state index contributed by atoms with van der Waals surface area (Å²) < 4.78 is 11.4. The minimum atomic E-state index is -1.44. The second kappa shape index (κ2) is 8.03. The summed E-state index contributed by atoms with van der Waals surface area (Å²) in [5, 5.41) is 18.5. The summed E-state index contributed by atoms with van der Waals surface area (Å²) >= 11 is 0. The molecule has 2 N–H and O–H groups in total. The fourth-order valence-electron chi connectivity index (χ4n) is 4.82. The third kappa shape index (κ3) is 3.23. The molecule has 1 spiro atoms. The Morgan fingerprint density at radius 2 is 2.00 bits per heavy atom. The number of fused-ring (bicyclic) bond motifs is 2. The molecule has 0 aliphatic carbocycles. The maximum Gasteiger partial charge on any atom is 0.256 e. The highest BCUT2D eigenvalue weighted by atomic mass is 16.6. The summed E-state index contributed by atoms with van der Waals surface area (Å²) in [6, 6.07) is 10.9. The van der Waals surface area contributed by atoms with E-state index in [1.807, 2.05) is 13.8 Å². The zero-order valence-electron chi connectivity index (χ0n) is 17.5. The summed E-state index contributed by atoms with van der Waals surface area (Å²) in [7, 11) is 0. The molecule has 162 valence electrons. The van der Waals surface area contributed by atoms with Gasteiger partial charge in [0.05, 0.1) is 12.5 Å². The number of rotatable bonds is 7. The van der Waals surface area contributed by atoms with E-state index < -0.39 is 23.4 Å². The van der Waals surface area contributed by atoms with Crippen molar-refractivity contribution in [1.29, 1.82) is 0 Å². The molecule has 0 radical (unpaired) electrons. The number of nitrogens with zero attached hydrogens (tertiary/aromatic N) is 1. The Kier molecular flexibility index (Phi) is 5.41. The average Bonchev–Trinajstić information content (AvgIpc) is 3.21. The van der Waals surface area contributed by atoms with Crippen LogP contribution in [-0.4, -0.2) is 36.1 Å². The highest BCUT2D eigenvalue weighted by Gasteiger charge is 2.67. The molecule has 2 aliphatic heterocycles. The van der Waals surface area contributed by atoms with E-state index in [4.69, 9.17) is 9.47 Å². The molecule has 1 amide bonds. The maximum atomic E-state index is 13.1. The van der Waals surface area contributed by atoms with Crippen molar-refractivity contribution in [3.63, 3.8) is 0 Å². The predicted octanol–water partition coefficient (Wildman–Crippen LogP) is 3.22. The molecule has 2 heterocycles. The van der Waals surface area contributed by atoms with E-state index in [0.29, 0.717) is 41.5 Å². The Morgan fingerprint density at radius 3 is 2.71 bits per heavy atom. The van der Waals surface area contributed by atoms with E-state index >= 15 is 0 Å². The van der Waals surface area contributed by atoms with Crippen molar-refractivity contribution < 1.29 is 19.2 Å². The number of benzene rings is 2. The summed E-state index contributed by atoms with van der Waals surface area (Å²) in [6.45, 7) is 8.12. The van der Waals surface area contributed by atoms with Crippen molar-refractivity contribution in [1.82, 2.24) is 5.32 Å². The topological polar surface area (TPSA) is 103 Å². The van der Waals surface area contributed by atoms with Crippen LogP contribution in [0, 0.1) is 10.1 Å². The molecule has 0 saturated carbocycles. The number of anilines is 1. The fourth-order valence-corrected chi connectivity index (χ4v) is 4.82.